The Kier molecular flexibility index (Phi) is 4.74. The van der Waals surface area contributed by atoms with Crippen LogP contribution in [0, 0.1) is 0 Å². The van der Waals surface area contributed by atoms with Crippen molar-refractivity contribution in [2.75, 3.05) is 16.8 Å². The average Bonchev–Trinajstić information content (AvgIpc) is 2.61. The Morgan fingerprint density at radius 3 is 2.88 bits per heavy atom. The molecule has 0 bridgehead atoms. The lowest BCUT2D eigenvalue weighted by Crippen LogP contribution is -2.46. The van der Waals surface area contributed by atoms with Gasteiger partial charge in [0.1, 0.15) is 5.75 Å². The van der Waals surface area contributed by atoms with Crippen molar-refractivity contribution >= 4 is 23.2 Å². The molecule has 0 saturated carbocycles. The zero-order chi connectivity index (χ0) is 16.9. The lowest BCUT2D eigenvalue weighted by atomic mass is 10.1. The summed E-state index contributed by atoms with van der Waals surface area (Å²) in [5, 5.41) is 2.77. The summed E-state index contributed by atoms with van der Waals surface area (Å²) in [6, 6.07) is 10.9. The quantitative estimate of drug-likeness (QED) is 0.917. The van der Waals surface area contributed by atoms with Crippen molar-refractivity contribution in [3.63, 3.8) is 0 Å². The van der Waals surface area contributed by atoms with Gasteiger partial charge in [-0.15, -0.1) is 0 Å². The van der Waals surface area contributed by atoms with E-state index in [0.29, 0.717) is 30.1 Å². The summed E-state index contributed by atoms with van der Waals surface area (Å²) in [4.78, 5) is 30.3. The monoisotopic (exact) mass is 325 g/mol. The molecule has 6 nitrogen and oxygen atoms in total. The Hall–Kier alpha value is -2.89. The van der Waals surface area contributed by atoms with E-state index >= 15 is 0 Å². The molecule has 1 aromatic heterocycles. The molecule has 0 aliphatic carbocycles. The minimum Gasteiger partial charge on any atom is -0.478 e. The van der Waals surface area contributed by atoms with Gasteiger partial charge in [0.15, 0.2) is 6.10 Å². The zero-order valence-corrected chi connectivity index (χ0v) is 13.4. The Morgan fingerprint density at radius 1 is 1.29 bits per heavy atom. The number of para-hydroxylation sites is 2. The first-order valence-corrected chi connectivity index (χ1v) is 7.96. The van der Waals surface area contributed by atoms with Crippen molar-refractivity contribution in [1.29, 1.82) is 0 Å². The summed E-state index contributed by atoms with van der Waals surface area (Å²) in [5.74, 6) is 0.412. The van der Waals surface area contributed by atoms with Gasteiger partial charge in [0, 0.05) is 19.2 Å². The number of pyridine rings is 1. The van der Waals surface area contributed by atoms with E-state index < -0.39 is 6.10 Å². The summed E-state index contributed by atoms with van der Waals surface area (Å²) in [7, 11) is 0. The van der Waals surface area contributed by atoms with Crippen LogP contribution in [0.2, 0.25) is 0 Å². The van der Waals surface area contributed by atoms with Crippen molar-refractivity contribution in [2.24, 2.45) is 0 Å². The zero-order valence-electron chi connectivity index (χ0n) is 13.4. The van der Waals surface area contributed by atoms with Gasteiger partial charge in [0.05, 0.1) is 17.6 Å². The number of hydrogen-bond donors (Lipinski definition) is 1. The van der Waals surface area contributed by atoms with E-state index in [2.05, 4.69) is 10.3 Å². The lowest BCUT2D eigenvalue weighted by molar-refractivity contribution is -0.126. The number of anilines is 2. The molecule has 3 rings (SSSR count). The number of carbonyl (C=O) groups is 2. The molecule has 2 aromatic rings. The molecule has 1 aliphatic heterocycles. The van der Waals surface area contributed by atoms with Crippen molar-refractivity contribution in [3.05, 3.63) is 48.8 Å². The number of nitrogens with one attached hydrogen (secondary N) is 1. The van der Waals surface area contributed by atoms with Crippen LogP contribution >= 0.6 is 0 Å². The van der Waals surface area contributed by atoms with Crippen LogP contribution in [0.3, 0.4) is 0 Å². The van der Waals surface area contributed by atoms with Crippen LogP contribution in [0.1, 0.15) is 19.8 Å². The second-order valence-corrected chi connectivity index (χ2v) is 5.51. The highest BCUT2D eigenvalue weighted by atomic mass is 16.5. The predicted octanol–water partition coefficient (Wildman–Crippen LogP) is 2.61. The summed E-state index contributed by atoms with van der Waals surface area (Å²) in [5.41, 5.74) is 1.35. The maximum Gasteiger partial charge on any atom is 0.268 e. The normalized spacial score (nSPS) is 16.3. The molecule has 1 aromatic carbocycles. The number of hydrogen-bond acceptors (Lipinski definition) is 4. The number of benzene rings is 1. The highest BCUT2D eigenvalue weighted by Gasteiger charge is 2.33. The Morgan fingerprint density at radius 2 is 2.12 bits per heavy atom. The van der Waals surface area contributed by atoms with Crippen molar-refractivity contribution < 1.29 is 14.3 Å². The van der Waals surface area contributed by atoms with Gasteiger partial charge in [-0.25, -0.2) is 0 Å². The number of rotatable bonds is 5. The van der Waals surface area contributed by atoms with Gasteiger partial charge in [0.2, 0.25) is 5.91 Å². The fraction of sp³-hybridized carbons (Fsp3) is 0.278. The molecular weight excluding hydrogens is 306 g/mol. The maximum atomic E-state index is 12.5. The van der Waals surface area contributed by atoms with Gasteiger partial charge in [-0.1, -0.05) is 19.1 Å². The summed E-state index contributed by atoms with van der Waals surface area (Å²) < 4.78 is 5.73. The van der Waals surface area contributed by atoms with E-state index in [1.54, 1.807) is 29.4 Å². The Bertz CT molecular complexity index is 733. The van der Waals surface area contributed by atoms with E-state index in [1.165, 1.54) is 0 Å². The van der Waals surface area contributed by atoms with Gasteiger partial charge in [-0.3, -0.25) is 14.6 Å². The minimum atomic E-state index is -0.499. The molecule has 6 heteroatoms. The molecule has 1 unspecified atom stereocenters. The van der Waals surface area contributed by atoms with Crippen LogP contribution in [0.25, 0.3) is 0 Å². The van der Waals surface area contributed by atoms with Crippen LogP contribution in [-0.2, 0) is 9.59 Å². The number of amides is 2. The first-order chi connectivity index (χ1) is 11.7. The van der Waals surface area contributed by atoms with Crippen molar-refractivity contribution in [1.82, 2.24) is 4.98 Å². The molecule has 0 spiro atoms. The maximum absolute atomic E-state index is 12.5. The van der Waals surface area contributed by atoms with E-state index in [9.17, 15) is 9.59 Å². The molecule has 0 fully saturated rings. The van der Waals surface area contributed by atoms with Crippen molar-refractivity contribution in [2.45, 2.75) is 25.9 Å². The largest absolute Gasteiger partial charge is 0.478 e. The fourth-order valence-electron chi connectivity index (χ4n) is 2.64. The van der Waals surface area contributed by atoms with E-state index in [-0.39, 0.29) is 18.2 Å². The molecule has 24 heavy (non-hydrogen) atoms. The van der Waals surface area contributed by atoms with E-state index in [4.69, 9.17) is 4.74 Å². The number of fused-ring (bicyclic) bond motifs is 1. The first kappa shape index (κ1) is 16.0. The second-order valence-electron chi connectivity index (χ2n) is 5.51. The Labute approximate surface area is 140 Å². The van der Waals surface area contributed by atoms with Gasteiger partial charge < -0.3 is 15.0 Å². The third-order valence-corrected chi connectivity index (χ3v) is 3.85. The molecule has 1 N–H and O–H groups in total. The van der Waals surface area contributed by atoms with Crippen LogP contribution in [0.4, 0.5) is 11.4 Å². The smallest absolute Gasteiger partial charge is 0.268 e. The van der Waals surface area contributed by atoms with E-state index in [1.807, 2.05) is 31.2 Å². The van der Waals surface area contributed by atoms with E-state index in [0.717, 1.165) is 0 Å². The molecule has 1 atom stereocenters. The van der Waals surface area contributed by atoms with Gasteiger partial charge in [-0.2, -0.15) is 0 Å². The second kappa shape index (κ2) is 7.12. The van der Waals surface area contributed by atoms with Gasteiger partial charge >= 0.3 is 0 Å². The summed E-state index contributed by atoms with van der Waals surface area (Å²) in [6.45, 7) is 2.21. The predicted molar refractivity (Wildman–Crippen MR) is 91.0 cm³/mol. The number of aromatic nitrogens is 1. The number of ether oxygens (including phenoxy) is 1. The van der Waals surface area contributed by atoms with Gasteiger partial charge in [0.25, 0.3) is 5.91 Å². The van der Waals surface area contributed by atoms with Crippen molar-refractivity contribution in [3.8, 4) is 5.75 Å². The summed E-state index contributed by atoms with van der Waals surface area (Å²) >= 11 is 0. The highest BCUT2D eigenvalue weighted by Crippen LogP contribution is 2.34. The lowest BCUT2D eigenvalue weighted by Gasteiger charge is -2.33. The minimum absolute atomic E-state index is 0.106. The molecule has 1 aliphatic rings. The van der Waals surface area contributed by atoms with Crippen LogP contribution < -0.4 is 15.0 Å². The average molecular weight is 325 g/mol. The van der Waals surface area contributed by atoms with Gasteiger partial charge in [-0.05, 0) is 30.7 Å². The highest BCUT2D eigenvalue weighted by molar-refractivity contribution is 6.01. The molecule has 0 saturated heterocycles. The molecular formula is C18H19N3O3. The number of nitrogens with zero attached hydrogens (tertiary/aromatic N) is 2. The van der Waals surface area contributed by atoms with Crippen LogP contribution in [-0.4, -0.2) is 29.4 Å². The van der Waals surface area contributed by atoms with Crippen LogP contribution in [0.15, 0.2) is 48.8 Å². The topological polar surface area (TPSA) is 71.5 Å². The fourth-order valence-corrected chi connectivity index (χ4v) is 2.64. The summed E-state index contributed by atoms with van der Waals surface area (Å²) in [6.07, 6.45) is 3.52. The molecule has 0 radical (unpaired) electrons. The molecule has 124 valence electrons. The third-order valence-electron chi connectivity index (χ3n) is 3.85. The molecule has 2 amide bonds. The third kappa shape index (κ3) is 3.37. The SMILES string of the molecule is CCC1Oc2ccccc2N(CCC(=O)Nc2cccnc2)C1=O. The Balaban J connectivity index is 1.69. The standard InChI is InChI=1S/C18H19N3O3/c1-2-15-18(23)21(14-7-3-4-8-16(14)24-15)11-9-17(22)20-13-6-5-10-19-12-13/h3-8,10,12,15H,2,9,11H2,1H3,(H,20,22). The molecule has 2 heterocycles. The van der Waals surface area contributed by atoms with Crippen LogP contribution in [0.5, 0.6) is 5.75 Å². The number of carbonyl (C=O) groups excluding carboxylic acids is 2. The first-order valence-electron chi connectivity index (χ1n) is 7.96.